The first-order valence-electron chi connectivity index (χ1n) is 29.4. The van der Waals surface area contributed by atoms with Gasteiger partial charge in [-0.3, -0.25) is 0 Å². The maximum absolute atomic E-state index is 2.71. The first-order valence-corrected chi connectivity index (χ1v) is 29.4. The average molecular weight is 1040 g/mol. The summed E-state index contributed by atoms with van der Waals surface area (Å²) in [6.45, 7) is 33.8. The van der Waals surface area contributed by atoms with Gasteiger partial charge in [0, 0.05) is 50.8 Å². The van der Waals surface area contributed by atoms with Crippen molar-refractivity contribution in [2.75, 3.05) is 14.7 Å². The quantitative estimate of drug-likeness (QED) is 0.140. The summed E-state index contributed by atoms with van der Waals surface area (Å²) in [6.07, 6.45) is 2.18. The van der Waals surface area contributed by atoms with Crippen LogP contribution in [0.5, 0.6) is 0 Å². The number of fused-ring (bicyclic) bond motifs is 6. The van der Waals surface area contributed by atoms with E-state index < -0.39 is 0 Å². The summed E-state index contributed by atoms with van der Waals surface area (Å²) < 4.78 is 0. The third-order valence-corrected chi connectivity index (χ3v) is 19.1. The molecule has 0 spiro atoms. The van der Waals surface area contributed by atoms with Gasteiger partial charge in [0.15, 0.2) is 0 Å². The zero-order chi connectivity index (χ0) is 56.1. The van der Waals surface area contributed by atoms with Gasteiger partial charge in [-0.1, -0.05) is 217 Å². The van der Waals surface area contributed by atoms with E-state index in [2.05, 4.69) is 306 Å². The predicted octanol–water partition coefficient (Wildman–Crippen LogP) is 18.8. The molecule has 4 aliphatic rings. The molecule has 0 bridgehead atoms. The minimum atomic E-state index is -0.272. The number of hydrogen-bond acceptors (Lipinski definition) is 3. The monoisotopic (exact) mass is 1040 g/mol. The van der Waals surface area contributed by atoms with Gasteiger partial charge in [-0.25, -0.2) is 0 Å². The maximum atomic E-state index is 2.71. The number of rotatable bonds is 8. The zero-order valence-corrected chi connectivity index (χ0v) is 49.8. The highest BCUT2D eigenvalue weighted by molar-refractivity contribution is 7.00. The Morgan fingerprint density at radius 1 is 0.388 bits per heavy atom. The molecule has 13 rings (SSSR count). The van der Waals surface area contributed by atoms with E-state index in [0.29, 0.717) is 0 Å². The summed E-state index contributed by atoms with van der Waals surface area (Å²) in [5, 5.41) is 0. The fourth-order valence-electron chi connectivity index (χ4n) is 15.5. The van der Waals surface area contributed by atoms with Crippen molar-refractivity contribution in [2.24, 2.45) is 0 Å². The molecule has 0 amide bonds. The minimum absolute atomic E-state index is 0.00551. The van der Waals surface area contributed by atoms with Gasteiger partial charge >= 0.3 is 0 Å². The van der Waals surface area contributed by atoms with Crippen molar-refractivity contribution in [3.8, 4) is 11.1 Å². The Balaban J connectivity index is 1.21. The van der Waals surface area contributed by atoms with E-state index in [9.17, 15) is 0 Å². The molecule has 9 aromatic carbocycles. The topological polar surface area (TPSA) is 9.72 Å². The Kier molecular flexibility index (Phi) is 11.7. The predicted molar refractivity (Wildman–Crippen MR) is 344 cm³/mol. The van der Waals surface area contributed by atoms with E-state index in [4.69, 9.17) is 0 Å². The van der Waals surface area contributed by atoms with Crippen molar-refractivity contribution in [2.45, 2.75) is 142 Å². The third-order valence-electron chi connectivity index (χ3n) is 19.1. The minimum Gasteiger partial charge on any atom is -0.311 e. The second kappa shape index (κ2) is 18.0. The maximum Gasteiger partial charge on any atom is 0.252 e. The molecule has 2 aliphatic carbocycles. The van der Waals surface area contributed by atoms with Crippen LogP contribution in [0.15, 0.2) is 194 Å². The fourth-order valence-corrected chi connectivity index (χ4v) is 15.5. The van der Waals surface area contributed by atoms with E-state index in [1.165, 1.54) is 106 Å². The summed E-state index contributed by atoms with van der Waals surface area (Å²) in [5.74, 6) is 0. The lowest BCUT2D eigenvalue weighted by Gasteiger charge is -2.46. The number of hydrogen-bond donors (Lipinski definition) is 0. The molecule has 80 heavy (non-hydrogen) atoms. The number of benzene rings is 9. The van der Waals surface area contributed by atoms with Gasteiger partial charge in [-0.05, 0) is 180 Å². The Bertz CT molecular complexity index is 3880. The van der Waals surface area contributed by atoms with Crippen LogP contribution in [0, 0.1) is 6.92 Å². The van der Waals surface area contributed by atoms with Gasteiger partial charge in [0.2, 0.25) is 0 Å². The summed E-state index contributed by atoms with van der Waals surface area (Å²) >= 11 is 0. The van der Waals surface area contributed by atoms with Crippen molar-refractivity contribution < 1.29 is 0 Å². The molecular formula is C76H78BN3. The second-order valence-electron chi connectivity index (χ2n) is 28.2. The smallest absolute Gasteiger partial charge is 0.252 e. The molecule has 400 valence electrons. The molecular weight excluding hydrogens is 966 g/mol. The van der Waals surface area contributed by atoms with Crippen LogP contribution in [0.1, 0.15) is 147 Å². The summed E-state index contributed by atoms with van der Waals surface area (Å²) in [6, 6.07) is 74.8. The lowest BCUT2D eigenvalue weighted by Crippen LogP contribution is -2.62. The molecule has 9 aromatic rings. The highest BCUT2D eigenvalue weighted by atomic mass is 15.2. The molecule has 0 aromatic heterocycles. The van der Waals surface area contributed by atoms with Crippen LogP contribution in [-0.2, 0) is 32.5 Å². The van der Waals surface area contributed by atoms with Crippen LogP contribution in [-0.4, -0.2) is 6.71 Å². The number of para-hydroxylation sites is 2. The second-order valence-corrected chi connectivity index (χ2v) is 28.2. The van der Waals surface area contributed by atoms with Gasteiger partial charge in [-0.15, -0.1) is 0 Å². The molecule has 3 nitrogen and oxygen atoms in total. The largest absolute Gasteiger partial charge is 0.311 e. The normalized spacial score (nSPS) is 16.9. The van der Waals surface area contributed by atoms with Gasteiger partial charge < -0.3 is 14.7 Å². The molecule has 0 saturated heterocycles. The van der Waals surface area contributed by atoms with Crippen molar-refractivity contribution in [3.05, 3.63) is 239 Å². The Labute approximate surface area is 478 Å². The van der Waals surface area contributed by atoms with E-state index in [-0.39, 0.29) is 39.2 Å². The summed E-state index contributed by atoms with van der Waals surface area (Å²) in [7, 11) is 0. The fraction of sp³-hybridized carbons (Fsp3) is 0.289. The first-order chi connectivity index (χ1) is 37.9. The molecule has 4 heteroatoms. The van der Waals surface area contributed by atoms with E-state index in [1.807, 2.05) is 0 Å². The van der Waals surface area contributed by atoms with Gasteiger partial charge in [0.25, 0.3) is 6.71 Å². The standard InChI is InChI=1S/C76H78BN3/c1-49-39-58-60(74(9,10)47-72(58,5)6)45-66(49)80-65-38-36-53(76(13,14)51-29-21-16-22-30-51)41-62(65)77-63-44-59-61(75(11,12)48-73(59,7)8)46-67(63)79(64-37-35-52(71(2,3)4)40-57(64)50-27-19-15-20-28-50)68-42-56(43-69(80)70(68)77)78(54-31-23-17-24-32-54)55-33-25-18-26-34-55/h15-46H,47-48H2,1-14H3. The van der Waals surface area contributed by atoms with Gasteiger partial charge in [0.1, 0.15) is 0 Å². The molecule has 0 saturated carbocycles. The molecule has 0 N–H and O–H groups in total. The number of nitrogens with zero attached hydrogens (tertiary/aromatic N) is 3. The Hall–Kier alpha value is -7.56. The van der Waals surface area contributed by atoms with E-state index >= 15 is 0 Å². The van der Waals surface area contributed by atoms with E-state index in [1.54, 1.807) is 0 Å². The van der Waals surface area contributed by atoms with Crippen molar-refractivity contribution in [1.29, 1.82) is 0 Å². The van der Waals surface area contributed by atoms with Crippen LogP contribution in [0.25, 0.3) is 11.1 Å². The molecule has 0 atom stereocenters. The van der Waals surface area contributed by atoms with Crippen molar-refractivity contribution in [3.63, 3.8) is 0 Å². The number of anilines is 9. The van der Waals surface area contributed by atoms with Crippen LogP contribution >= 0.6 is 0 Å². The van der Waals surface area contributed by atoms with Gasteiger partial charge in [-0.2, -0.15) is 0 Å². The average Bonchev–Trinajstić information content (AvgIpc) is 3.84. The Morgan fingerprint density at radius 3 is 1.39 bits per heavy atom. The molecule has 2 heterocycles. The van der Waals surface area contributed by atoms with Crippen LogP contribution < -0.4 is 31.1 Å². The molecule has 0 fully saturated rings. The van der Waals surface area contributed by atoms with Crippen LogP contribution in [0.4, 0.5) is 51.2 Å². The molecule has 0 unspecified atom stereocenters. The lowest BCUT2D eigenvalue weighted by molar-refractivity contribution is 0.402. The summed E-state index contributed by atoms with van der Waals surface area (Å²) in [5.41, 5.74) is 27.8. The van der Waals surface area contributed by atoms with Crippen LogP contribution in [0.2, 0.25) is 0 Å². The van der Waals surface area contributed by atoms with Crippen LogP contribution in [0.3, 0.4) is 0 Å². The zero-order valence-electron chi connectivity index (χ0n) is 49.8. The number of aryl methyl sites for hydroxylation is 1. The highest BCUT2D eigenvalue weighted by Crippen LogP contribution is 2.57. The Morgan fingerprint density at radius 2 is 0.838 bits per heavy atom. The van der Waals surface area contributed by atoms with Gasteiger partial charge in [0.05, 0.1) is 11.4 Å². The first kappa shape index (κ1) is 51.9. The van der Waals surface area contributed by atoms with Crippen molar-refractivity contribution >= 4 is 74.3 Å². The molecule has 0 radical (unpaired) electrons. The summed E-state index contributed by atoms with van der Waals surface area (Å²) in [4.78, 5) is 7.89. The highest BCUT2D eigenvalue weighted by Gasteiger charge is 2.50. The third kappa shape index (κ3) is 8.13. The SMILES string of the molecule is Cc1cc2c(cc1N1c3ccc(C(C)(C)c4ccccc4)cc3B3c4cc5c(cc4N(c4ccc(C(C)(C)C)cc4-c4ccccc4)c4cc(N(c6ccccc6)c6ccccc6)cc1c43)C(C)(C)CC5(C)C)C(C)(C)CC2(C)C. The van der Waals surface area contributed by atoms with E-state index in [0.717, 1.165) is 29.9 Å². The molecule has 2 aliphatic heterocycles. The lowest BCUT2D eigenvalue weighted by atomic mass is 9.33. The van der Waals surface area contributed by atoms with Crippen molar-refractivity contribution in [1.82, 2.24) is 0 Å².